The number of nitrogens with zero attached hydrogens (tertiary/aromatic N) is 5. The fraction of sp³-hybridized carbons (Fsp3) is 0.0192. The van der Waals surface area contributed by atoms with Crippen LogP contribution < -0.4 is 5.32 Å². The summed E-state index contributed by atoms with van der Waals surface area (Å²) in [6.07, 6.45) is 13.7. The van der Waals surface area contributed by atoms with Crippen LogP contribution in [0.1, 0.15) is 11.6 Å². The van der Waals surface area contributed by atoms with Crippen LogP contribution in [0.3, 0.4) is 0 Å². The number of rotatable bonds is 8. The average molecular weight is 745 g/mol. The largest absolute Gasteiger partial charge is 0.381 e. The first kappa shape index (κ1) is 34.6. The van der Waals surface area contributed by atoms with Crippen molar-refractivity contribution in [3.8, 4) is 78.7 Å². The van der Waals surface area contributed by atoms with Crippen LogP contribution in [0.2, 0.25) is 0 Å². The van der Waals surface area contributed by atoms with Crippen LogP contribution in [-0.2, 0) is 0 Å². The van der Waals surface area contributed by atoms with Crippen molar-refractivity contribution in [2.24, 2.45) is 0 Å². The average Bonchev–Trinajstić information content (AvgIpc) is 3.32. The lowest BCUT2D eigenvalue weighted by Crippen LogP contribution is -2.15. The second kappa shape index (κ2) is 15.4. The molecule has 6 nitrogen and oxygen atoms in total. The maximum Gasteiger partial charge on any atom is 0.160 e. The third kappa shape index (κ3) is 7.06. The normalized spacial score (nSPS) is 13.3. The minimum absolute atomic E-state index is 0.0128. The summed E-state index contributed by atoms with van der Waals surface area (Å²) >= 11 is 0. The molecular formula is C52H36N6. The Morgan fingerprint density at radius 2 is 0.966 bits per heavy atom. The highest BCUT2D eigenvalue weighted by Crippen LogP contribution is 2.38. The van der Waals surface area contributed by atoms with Gasteiger partial charge in [0.15, 0.2) is 5.82 Å². The van der Waals surface area contributed by atoms with Gasteiger partial charge >= 0.3 is 0 Å². The third-order valence-electron chi connectivity index (χ3n) is 10.4. The lowest BCUT2D eigenvalue weighted by molar-refractivity contribution is 0.747. The molecule has 1 aliphatic heterocycles. The van der Waals surface area contributed by atoms with Gasteiger partial charge in [-0.05, 0) is 131 Å². The predicted molar refractivity (Wildman–Crippen MR) is 235 cm³/mol. The Balaban J connectivity index is 1.19. The van der Waals surface area contributed by atoms with E-state index in [4.69, 9.17) is 24.9 Å². The molecule has 4 aromatic heterocycles. The zero-order valence-corrected chi connectivity index (χ0v) is 31.4. The molecule has 1 aliphatic rings. The van der Waals surface area contributed by atoms with Gasteiger partial charge in [-0.2, -0.15) is 0 Å². The van der Waals surface area contributed by atoms with Crippen molar-refractivity contribution in [1.82, 2.24) is 30.2 Å². The monoisotopic (exact) mass is 744 g/mol. The number of dihydropyridines is 1. The summed E-state index contributed by atoms with van der Waals surface area (Å²) in [5.74, 6) is 0.635. The van der Waals surface area contributed by atoms with E-state index in [1.54, 1.807) is 0 Å². The van der Waals surface area contributed by atoms with Crippen LogP contribution in [0.4, 0.5) is 0 Å². The minimum Gasteiger partial charge on any atom is -0.381 e. The van der Waals surface area contributed by atoms with E-state index in [9.17, 15) is 0 Å². The van der Waals surface area contributed by atoms with E-state index in [0.717, 1.165) is 89.3 Å². The number of hydrogen-bond acceptors (Lipinski definition) is 6. The van der Waals surface area contributed by atoms with Crippen molar-refractivity contribution in [2.45, 2.75) is 6.04 Å². The standard InChI is InChI=1S/C52H36N6/c1-2-13-35(14-3-1)36-15-12-16-38(27-36)51-45-22-21-37(39-28-40(46-17-4-8-23-53-46)30-41(29-39)47-18-5-9-24-54-47)34-50(45)57-52(58-51)44-32-42(48-19-6-10-25-55-48)31-43(33-44)49-20-7-11-26-56-49/h1-34,48,55H. The molecule has 1 atom stereocenters. The maximum atomic E-state index is 5.41. The second-order valence-electron chi connectivity index (χ2n) is 14.3. The fourth-order valence-electron chi connectivity index (χ4n) is 7.59. The molecule has 1 N–H and O–H groups in total. The highest BCUT2D eigenvalue weighted by atomic mass is 14.9. The van der Waals surface area contributed by atoms with E-state index in [1.807, 2.05) is 91.5 Å². The van der Waals surface area contributed by atoms with E-state index >= 15 is 0 Å². The highest BCUT2D eigenvalue weighted by Gasteiger charge is 2.18. The van der Waals surface area contributed by atoms with Crippen LogP contribution in [0.25, 0.3) is 89.6 Å². The van der Waals surface area contributed by atoms with Crippen LogP contribution in [0.15, 0.2) is 207 Å². The molecule has 10 rings (SSSR count). The summed E-state index contributed by atoms with van der Waals surface area (Å²) in [6, 6.07) is 56.7. The Kier molecular flexibility index (Phi) is 9.18. The first-order valence-electron chi connectivity index (χ1n) is 19.3. The molecule has 6 heteroatoms. The molecule has 274 valence electrons. The van der Waals surface area contributed by atoms with Crippen molar-refractivity contribution in [3.63, 3.8) is 0 Å². The number of benzene rings is 5. The lowest BCUT2D eigenvalue weighted by atomic mass is 9.94. The molecule has 0 saturated carbocycles. The molecule has 0 amide bonds. The Morgan fingerprint density at radius 1 is 0.397 bits per heavy atom. The summed E-state index contributed by atoms with van der Waals surface area (Å²) in [5.41, 5.74) is 14.8. The van der Waals surface area contributed by atoms with Gasteiger partial charge in [0.1, 0.15) is 0 Å². The van der Waals surface area contributed by atoms with E-state index < -0.39 is 0 Å². The summed E-state index contributed by atoms with van der Waals surface area (Å²) < 4.78 is 0. The molecular weight excluding hydrogens is 709 g/mol. The molecule has 0 aliphatic carbocycles. The van der Waals surface area contributed by atoms with Gasteiger partial charge < -0.3 is 5.32 Å². The molecule has 0 bridgehead atoms. The summed E-state index contributed by atoms with van der Waals surface area (Å²) in [5, 5.41) is 4.47. The summed E-state index contributed by atoms with van der Waals surface area (Å²) in [7, 11) is 0. The Hall–Kier alpha value is -7.83. The summed E-state index contributed by atoms with van der Waals surface area (Å²) in [4.78, 5) is 24.9. The van der Waals surface area contributed by atoms with Crippen molar-refractivity contribution in [3.05, 3.63) is 212 Å². The lowest BCUT2D eigenvalue weighted by Gasteiger charge is -2.19. The fourth-order valence-corrected chi connectivity index (χ4v) is 7.59. The number of pyridine rings is 3. The number of fused-ring (bicyclic) bond motifs is 1. The molecule has 5 heterocycles. The van der Waals surface area contributed by atoms with Crippen LogP contribution in [0, 0.1) is 0 Å². The van der Waals surface area contributed by atoms with Gasteiger partial charge in [-0.15, -0.1) is 0 Å². The van der Waals surface area contributed by atoms with Gasteiger partial charge in [0.2, 0.25) is 0 Å². The Morgan fingerprint density at radius 3 is 1.62 bits per heavy atom. The SMILES string of the molecule is C1=CNC(c2cc(-c3ccccn3)cc(-c3nc(-c4cccc(-c5ccccc5)c4)c4ccc(-c5cc(-c6ccccn6)cc(-c6ccccn6)c5)cc4n3)c2)C=C1. The van der Waals surface area contributed by atoms with Crippen molar-refractivity contribution < 1.29 is 0 Å². The maximum absolute atomic E-state index is 5.41. The van der Waals surface area contributed by atoms with Crippen LogP contribution in [0.5, 0.6) is 0 Å². The molecule has 9 aromatic rings. The van der Waals surface area contributed by atoms with Crippen LogP contribution >= 0.6 is 0 Å². The topological polar surface area (TPSA) is 76.5 Å². The number of allylic oxidation sites excluding steroid dienone is 2. The smallest absolute Gasteiger partial charge is 0.160 e. The van der Waals surface area contributed by atoms with Gasteiger partial charge in [-0.25, -0.2) is 9.97 Å². The minimum atomic E-state index is -0.0128. The molecule has 0 fully saturated rings. The Bertz CT molecular complexity index is 2910. The van der Waals surface area contributed by atoms with Gasteiger partial charge in [-0.3, -0.25) is 15.0 Å². The molecule has 58 heavy (non-hydrogen) atoms. The number of hydrogen-bond donors (Lipinski definition) is 1. The quantitative estimate of drug-likeness (QED) is 0.167. The van der Waals surface area contributed by atoms with Crippen molar-refractivity contribution >= 4 is 10.9 Å². The van der Waals surface area contributed by atoms with E-state index in [1.165, 1.54) is 0 Å². The van der Waals surface area contributed by atoms with Crippen LogP contribution in [-0.4, -0.2) is 24.9 Å². The van der Waals surface area contributed by atoms with Gasteiger partial charge in [0.05, 0.1) is 34.3 Å². The first-order valence-corrected chi connectivity index (χ1v) is 19.3. The summed E-state index contributed by atoms with van der Waals surface area (Å²) in [6.45, 7) is 0. The van der Waals surface area contributed by atoms with Gasteiger partial charge in [0.25, 0.3) is 0 Å². The third-order valence-corrected chi connectivity index (χ3v) is 10.4. The highest BCUT2D eigenvalue weighted by molar-refractivity contribution is 5.97. The molecule has 5 aromatic carbocycles. The Labute approximate surface area is 337 Å². The molecule has 0 radical (unpaired) electrons. The molecule has 0 spiro atoms. The van der Waals surface area contributed by atoms with E-state index in [2.05, 4.69) is 121 Å². The van der Waals surface area contributed by atoms with Gasteiger partial charge in [-0.1, -0.05) is 84.9 Å². The van der Waals surface area contributed by atoms with Gasteiger partial charge in [0, 0.05) is 51.8 Å². The van der Waals surface area contributed by atoms with Crippen molar-refractivity contribution in [1.29, 1.82) is 0 Å². The molecule has 1 unspecified atom stereocenters. The predicted octanol–water partition coefficient (Wildman–Crippen LogP) is 12.2. The van der Waals surface area contributed by atoms with Crippen molar-refractivity contribution in [2.75, 3.05) is 0 Å². The first-order chi connectivity index (χ1) is 28.7. The number of aromatic nitrogens is 5. The molecule has 0 saturated heterocycles. The van der Waals surface area contributed by atoms with E-state index in [0.29, 0.717) is 5.82 Å². The van der Waals surface area contributed by atoms with E-state index in [-0.39, 0.29) is 6.04 Å². The second-order valence-corrected chi connectivity index (χ2v) is 14.3. The number of nitrogens with one attached hydrogen (secondary N) is 1. The zero-order chi connectivity index (χ0) is 38.7. The zero-order valence-electron chi connectivity index (χ0n) is 31.4.